The van der Waals surface area contributed by atoms with Crippen LogP contribution in [-0.4, -0.2) is 38.3 Å². The molecule has 0 saturated heterocycles. The summed E-state index contributed by atoms with van der Waals surface area (Å²) in [7, 11) is 0. The highest BCUT2D eigenvalue weighted by atomic mass is 16.3. The molecule has 0 bridgehead atoms. The van der Waals surface area contributed by atoms with Gasteiger partial charge in [-0.15, -0.1) is 0 Å². The first-order valence-electron chi connectivity index (χ1n) is 11.3. The lowest BCUT2D eigenvalue weighted by atomic mass is 9.85. The summed E-state index contributed by atoms with van der Waals surface area (Å²) in [6, 6.07) is 15.7. The maximum absolute atomic E-state index is 13.3. The Labute approximate surface area is 181 Å². The van der Waals surface area contributed by atoms with E-state index >= 15 is 0 Å². The van der Waals surface area contributed by atoms with E-state index in [9.17, 15) is 14.7 Å². The van der Waals surface area contributed by atoms with E-state index in [2.05, 4.69) is 23.1 Å². The lowest BCUT2D eigenvalue weighted by Gasteiger charge is -2.30. The fourth-order valence-electron chi connectivity index (χ4n) is 4.92. The van der Waals surface area contributed by atoms with Gasteiger partial charge in [0.1, 0.15) is 0 Å². The number of aliphatic hydroxyl groups is 1. The van der Waals surface area contributed by atoms with Crippen molar-refractivity contribution >= 4 is 10.9 Å². The molecule has 0 radical (unpaired) electrons. The van der Waals surface area contributed by atoms with Crippen LogP contribution in [0.3, 0.4) is 0 Å². The quantitative estimate of drug-likeness (QED) is 0.666. The number of rotatable bonds is 6. The first-order chi connectivity index (χ1) is 15.1. The molecular weight excluding hydrogens is 390 g/mol. The zero-order chi connectivity index (χ0) is 21.4. The summed E-state index contributed by atoms with van der Waals surface area (Å²) >= 11 is 0. The highest BCUT2D eigenvalue weighted by Gasteiger charge is 2.23. The first kappa shape index (κ1) is 20.2. The van der Waals surface area contributed by atoms with Crippen molar-refractivity contribution in [2.75, 3.05) is 13.1 Å². The average Bonchev–Trinajstić information content (AvgIpc) is 2.75. The maximum Gasteiger partial charge on any atom is 0.331 e. The third kappa shape index (κ3) is 3.98. The average molecular weight is 420 g/mol. The number of aliphatic hydroxyl groups excluding tert-OH is 1. The van der Waals surface area contributed by atoms with Crippen molar-refractivity contribution in [1.29, 1.82) is 0 Å². The summed E-state index contributed by atoms with van der Waals surface area (Å²) in [6.45, 7) is 2.75. The van der Waals surface area contributed by atoms with Gasteiger partial charge in [-0.3, -0.25) is 18.8 Å². The SMILES string of the molecule is O=c1c2ccccc2n(CC2CCC2)c(=O)n1CC(O)CN1CCc2ccccc2C1. The Balaban J connectivity index is 1.39. The van der Waals surface area contributed by atoms with Crippen molar-refractivity contribution < 1.29 is 5.11 Å². The lowest BCUT2D eigenvalue weighted by Crippen LogP contribution is -2.46. The number of para-hydroxylation sites is 1. The number of nitrogens with zero attached hydrogens (tertiary/aromatic N) is 3. The van der Waals surface area contributed by atoms with Crippen LogP contribution in [0.15, 0.2) is 58.1 Å². The van der Waals surface area contributed by atoms with Crippen LogP contribution in [0.2, 0.25) is 0 Å². The number of fused-ring (bicyclic) bond motifs is 2. The van der Waals surface area contributed by atoms with Gasteiger partial charge < -0.3 is 5.11 Å². The summed E-state index contributed by atoms with van der Waals surface area (Å²) in [5, 5.41) is 11.3. The highest BCUT2D eigenvalue weighted by molar-refractivity contribution is 5.77. The number of β-amino-alcohol motifs (C(OH)–C–C–N with tert-alkyl or cyclic N) is 1. The van der Waals surface area contributed by atoms with E-state index in [1.54, 1.807) is 10.6 Å². The molecule has 5 rings (SSSR count). The Hall–Kier alpha value is -2.70. The second kappa shape index (κ2) is 8.44. The van der Waals surface area contributed by atoms with Crippen molar-refractivity contribution in [3.8, 4) is 0 Å². The van der Waals surface area contributed by atoms with Crippen molar-refractivity contribution in [2.45, 2.75) is 51.4 Å². The van der Waals surface area contributed by atoms with E-state index in [0.29, 0.717) is 29.9 Å². The predicted octanol–water partition coefficient (Wildman–Crippen LogP) is 2.38. The largest absolute Gasteiger partial charge is 0.390 e. The Morgan fingerprint density at radius 2 is 1.68 bits per heavy atom. The zero-order valence-electron chi connectivity index (χ0n) is 17.7. The molecule has 0 amide bonds. The van der Waals surface area contributed by atoms with E-state index < -0.39 is 6.10 Å². The molecule has 2 heterocycles. The van der Waals surface area contributed by atoms with Crippen molar-refractivity contribution in [1.82, 2.24) is 14.0 Å². The minimum atomic E-state index is -0.783. The third-order valence-corrected chi connectivity index (χ3v) is 6.87. The Kier molecular flexibility index (Phi) is 5.50. The van der Waals surface area contributed by atoms with Crippen LogP contribution in [0.5, 0.6) is 0 Å². The molecule has 1 aromatic heterocycles. The zero-order valence-corrected chi connectivity index (χ0v) is 17.7. The molecule has 1 N–H and O–H groups in total. The molecule has 1 unspecified atom stereocenters. The summed E-state index contributed by atoms with van der Waals surface area (Å²) < 4.78 is 2.98. The third-order valence-electron chi connectivity index (χ3n) is 6.87. The smallest absolute Gasteiger partial charge is 0.331 e. The molecular formula is C25H29N3O3. The minimum absolute atomic E-state index is 0.0192. The molecule has 6 nitrogen and oxygen atoms in total. The van der Waals surface area contributed by atoms with Crippen LogP contribution in [0.4, 0.5) is 0 Å². The van der Waals surface area contributed by atoms with Gasteiger partial charge >= 0.3 is 5.69 Å². The van der Waals surface area contributed by atoms with Crippen LogP contribution in [0.1, 0.15) is 30.4 Å². The van der Waals surface area contributed by atoms with Gasteiger partial charge in [0.2, 0.25) is 0 Å². The number of hydrogen-bond acceptors (Lipinski definition) is 4. The van der Waals surface area contributed by atoms with Gasteiger partial charge in [-0.2, -0.15) is 0 Å². The fraction of sp³-hybridized carbons (Fsp3) is 0.440. The van der Waals surface area contributed by atoms with E-state index in [1.807, 2.05) is 24.3 Å². The van der Waals surface area contributed by atoms with Gasteiger partial charge in [0.05, 0.1) is 23.6 Å². The Morgan fingerprint density at radius 3 is 2.45 bits per heavy atom. The van der Waals surface area contributed by atoms with Gasteiger partial charge in [-0.1, -0.05) is 42.8 Å². The van der Waals surface area contributed by atoms with Crippen LogP contribution in [0, 0.1) is 5.92 Å². The predicted molar refractivity (Wildman–Crippen MR) is 121 cm³/mol. The molecule has 2 aliphatic rings. The van der Waals surface area contributed by atoms with E-state index in [1.165, 1.54) is 22.1 Å². The molecule has 1 aliphatic heterocycles. The second-order valence-electron chi connectivity index (χ2n) is 9.03. The molecule has 1 aliphatic carbocycles. The van der Waals surface area contributed by atoms with Gasteiger partial charge in [-0.05, 0) is 48.4 Å². The van der Waals surface area contributed by atoms with Crippen LogP contribution < -0.4 is 11.2 Å². The van der Waals surface area contributed by atoms with E-state index in [0.717, 1.165) is 32.4 Å². The molecule has 2 aromatic carbocycles. The van der Waals surface area contributed by atoms with Gasteiger partial charge in [0.15, 0.2) is 0 Å². The summed E-state index contributed by atoms with van der Waals surface area (Å²) in [5.41, 5.74) is 2.72. The molecule has 6 heteroatoms. The van der Waals surface area contributed by atoms with Gasteiger partial charge in [0, 0.05) is 26.2 Å². The van der Waals surface area contributed by atoms with Crippen molar-refractivity contribution in [2.24, 2.45) is 5.92 Å². The Morgan fingerprint density at radius 1 is 0.935 bits per heavy atom. The molecule has 162 valence electrons. The monoisotopic (exact) mass is 419 g/mol. The minimum Gasteiger partial charge on any atom is -0.390 e. The number of aromatic nitrogens is 2. The molecule has 3 aromatic rings. The molecule has 1 saturated carbocycles. The molecule has 1 atom stereocenters. The molecule has 31 heavy (non-hydrogen) atoms. The van der Waals surface area contributed by atoms with Crippen LogP contribution in [-0.2, 0) is 26.1 Å². The van der Waals surface area contributed by atoms with Crippen molar-refractivity contribution in [3.63, 3.8) is 0 Å². The number of hydrogen-bond donors (Lipinski definition) is 1. The Bertz CT molecular complexity index is 1210. The van der Waals surface area contributed by atoms with Crippen molar-refractivity contribution in [3.05, 3.63) is 80.5 Å². The summed E-state index contributed by atoms with van der Waals surface area (Å²) in [4.78, 5) is 28.6. The topological polar surface area (TPSA) is 67.5 Å². The fourth-order valence-corrected chi connectivity index (χ4v) is 4.92. The maximum atomic E-state index is 13.3. The molecule has 0 spiro atoms. The van der Waals surface area contributed by atoms with Gasteiger partial charge in [-0.25, -0.2) is 4.79 Å². The first-order valence-corrected chi connectivity index (χ1v) is 11.3. The van der Waals surface area contributed by atoms with E-state index in [-0.39, 0.29) is 17.8 Å². The lowest BCUT2D eigenvalue weighted by molar-refractivity contribution is 0.0895. The molecule has 1 fully saturated rings. The highest BCUT2D eigenvalue weighted by Crippen LogP contribution is 2.28. The van der Waals surface area contributed by atoms with Gasteiger partial charge in [0.25, 0.3) is 5.56 Å². The normalized spacial score (nSPS) is 18.0. The second-order valence-corrected chi connectivity index (χ2v) is 9.03. The van der Waals surface area contributed by atoms with E-state index in [4.69, 9.17) is 0 Å². The van der Waals surface area contributed by atoms with Crippen LogP contribution >= 0.6 is 0 Å². The summed E-state index contributed by atoms with van der Waals surface area (Å²) in [5.74, 6) is 0.491. The standard InChI is InChI=1S/C25H29N3O3/c29-21(16-26-13-12-19-8-1-2-9-20(19)15-26)17-28-24(30)22-10-3-4-11-23(22)27(25(28)31)14-18-6-5-7-18/h1-4,8-11,18,21,29H,5-7,12-17H2. The van der Waals surface area contributed by atoms with Crippen LogP contribution in [0.25, 0.3) is 10.9 Å². The summed E-state index contributed by atoms with van der Waals surface area (Å²) in [6.07, 6.45) is 3.62. The number of benzene rings is 2.